The fraction of sp³-hybridized carbons (Fsp3) is 0.167. The highest BCUT2D eigenvalue weighted by Crippen LogP contribution is 2.26. The number of halogens is 3. The third-order valence-electron chi connectivity index (χ3n) is 1.51. The number of aromatic nitrogens is 1. The Morgan fingerprint density at radius 3 is 2.33 bits per heavy atom. The number of sulfonamides is 1. The van der Waals surface area contributed by atoms with Crippen LogP contribution in [0.3, 0.4) is 0 Å². The van der Waals surface area contributed by atoms with Gasteiger partial charge in [-0.15, -0.1) is 0 Å². The standard InChI is InChI=1S/C6H6F3N3O2S/c7-2-1-3(15(11,13)14)12-5(4(2)10)6(8)9/h1,6H,10H2,(H2,11,13,14). The fourth-order valence-electron chi connectivity index (χ4n) is 0.832. The molecule has 4 N–H and O–H groups in total. The van der Waals surface area contributed by atoms with Gasteiger partial charge in [-0.05, 0) is 0 Å². The highest BCUT2D eigenvalue weighted by molar-refractivity contribution is 7.89. The molecule has 0 fully saturated rings. The van der Waals surface area contributed by atoms with Gasteiger partial charge in [-0.1, -0.05) is 0 Å². The van der Waals surface area contributed by atoms with Crippen LogP contribution in [-0.4, -0.2) is 13.4 Å². The molecule has 84 valence electrons. The third kappa shape index (κ3) is 2.36. The molecule has 0 saturated heterocycles. The van der Waals surface area contributed by atoms with Gasteiger partial charge in [0, 0.05) is 6.07 Å². The van der Waals surface area contributed by atoms with Crippen LogP contribution in [0, 0.1) is 5.82 Å². The molecule has 1 heterocycles. The Morgan fingerprint density at radius 2 is 1.93 bits per heavy atom. The number of pyridine rings is 1. The van der Waals surface area contributed by atoms with E-state index in [1.807, 2.05) is 0 Å². The van der Waals surface area contributed by atoms with E-state index in [4.69, 9.17) is 5.73 Å². The van der Waals surface area contributed by atoms with E-state index < -0.39 is 38.7 Å². The molecule has 0 unspecified atom stereocenters. The molecule has 5 nitrogen and oxygen atoms in total. The number of hydrogen-bond donors (Lipinski definition) is 2. The zero-order chi connectivity index (χ0) is 11.8. The summed E-state index contributed by atoms with van der Waals surface area (Å²) in [5, 5.41) is 3.62. The highest BCUT2D eigenvalue weighted by atomic mass is 32.2. The van der Waals surface area contributed by atoms with Crippen LogP contribution in [0.15, 0.2) is 11.1 Å². The molecule has 15 heavy (non-hydrogen) atoms. The maximum Gasteiger partial charge on any atom is 0.282 e. The molecular weight excluding hydrogens is 235 g/mol. The van der Waals surface area contributed by atoms with E-state index in [1.165, 1.54) is 0 Å². The second-order valence-corrected chi connectivity index (χ2v) is 4.10. The Morgan fingerprint density at radius 1 is 1.40 bits per heavy atom. The zero-order valence-corrected chi connectivity index (χ0v) is 7.93. The van der Waals surface area contributed by atoms with Crippen molar-refractivity contribution in [2.45, 2.75) is 11.5 Å². The number of nitrogens with zero attached hydrogens (tertiary/aromatic N) is 1. The van der Waals surface area contributed by atoms with E-state index in [0.717, 1.165) is 0 Å². The molecule has 0 atom stereocenters. The normalized spacial score (nSPS) is 12.1. The first-order chi connectivity index (χ1) is 6.73. The van der Waals surface area contributed by atoms with Crippen LogP contribution in [0.25, 0.3) is 0 Å². The lowest BCUT2D eigenvalue weighted by Gasteiger charge is -2.06. The Bertz CT molecular complexity index is 489. The molecule has 0 amide bonds. The van der Waals surface area contributed by atoms with Gasteiger partial charge in [0.2, 0.25) is 0 Å². The Kier molecular flexibility index (Phi) is 2.86. The Hall–Kier alpha value is -1.35. The molecule has 0 aliphatic heterocycles. The van der Waals surface area contributed by atoms with Gasteiger partial charge in [0.25, 0.3) is 16.4 Å². The van der Waals surface area contributed by atoms with Crippen LogP contribution < -0.4 is 10.9 Å². The molecule has 0 radical (unpaired) electrons. The number of primary sulfonamides is 1. The lowest BCUT2D eigenvalue weighted by Crippen LogP contribution is -2.16. The first-order valence-corrected chi connectivity index (χ1v) is 5.05. The maximum absolute atomic E-state index is 12.9. The molecule has 1 aromatic heterocycles. The summed E-state index contributed by atoms with van der Waals surface area (Å²) in [6.45, 7) is 0. The summed E-state index contributed by atoms with van der Waals surface area (Å²) in [4.78, 5) is 2.98. The fourth-order valence-corrected chi connectivity index (χ4v) is 1.33. The molecule has 0 aliphatic carbocycles. The molecule has 0 aromatic carbocycles. The minimum atomic E-state index is -4.34. The minimum absolute atomic E-state index is 0.385. The average molecular weight is 241 g/mol. The van der Waals surface area contributed by atoms with Gasteiger partial charge in [0.05, 0.1) is 5.69 Å². The Labute approximate surface area is 83.0 Å². The van der Waals surface area contributed by atoms with Crippen molar-refractivity contribution in [3.63, 3.8) is 0 Å². The topological polar surface area (TPSA) is 99.1 Å². The number of hydrogen-bond acceptors (Lipinski definition) is 4. The summed E-state index contributed by atoms with van der Waals surface area (Å²) in [5.41, 5.74) is 2.91. The molecule has 9 heteroatoms. The molecule has 0 saturated carbocycles. The summed E-state index contributed by atoms with van der Waals surface area (Å²) in [5.74, 6) is -1.30. The van der Waals surface area contributed by atoms with E-state index in [2.05, 4.69) is 10.1 Å². The largest absolute Gasteiger partial charge is 0.395 e. The lowest BCUT2D eigenvalue weighted by atomic mass is 10.3. The van der Waals surface area contributed by atoms with Crippen LogP contribution in [0.1, 0.15) is 12.1 Å². The third-order valence-corrected chi connectivity index (χ3v) is 2.30. The van der Waals surface area contributed by atoms with E-state index in [9.17, 15) is 21.6 Å². The van der Waals surface area contributed by atoms with Crippen molar-refractivity contribution in [1.82, 2.24) is 4.98 Å². The summed E-state index contributed by atoms with van der Waals surface area (Å²) in [6.07, 6.45) is -3.18. The van der Waals surface area contributed by atoms with Crippen molar-refractivity contribution in [3.8, 4) is 0 Å². The van der Waals surface area contributed by atoms with Gasteiger partial charge in [-0.25, -0.2) is 31.7 Å². The summed E-state index contributed by atoms with van der Waals surface area (Å²) < 4.78 is 58.8. The molecule has 0 spiro atoms. The number of rotatable bonds is 2. The van der Waals surface area contributed by atoms with Gasteiger partial charge in [-0.2, -0.15) is 0 Å². The second kappa shape index (κ2) is 3.66. The van der Waals surface area contributed by atoms with Crippen LogP contribution >= 0.6 is 0 Å². The second-order valence-electron chi connectivity index (χ2n) is 2.59. The molecule has 1 aromatic rings. The average Bonchev–Trinajstić information content (AvgIpc) is 2.06. The molecule has 0 aliphatic rings. The molecular formula is C6H6F3N3O2S. The highest BCUT2D eigenvalue weighted by Gasteiger charge is 2.21. The monoisotopic (exact) mass is 241 g/mol. The van der Waals surface area contributed by atoms with Crippen LogP contribution in [0.4, 0.5) is 18.9 Å². The van der Waals surface area contributed by atoms with E-state index in [1.54, 1.807) is 0 Å². The van der Waals surface area contributed by atoms with Crippen molar-refractivity contribution in [2.75, 3.05) is 5.73 Å². The van der Waals surface area contributed by atoms with Gasteiger partial charge in [0.15, 0.2) is 10.8 Å². The zero-order valence-electron chi connectivity index (χ0n) is 7.12. The SMILES string of the molecule is Nc1c(F)cc(S(N)(=O)=O)nc1C(F)F. The summed E-state index contributed by atoms with van der Waals surface area (Å²) in [7, 11) is -4.34. The van der Waals surface area contributed by atoms with Crippen molar-refractivity contribution in [3.05, 3.63) is 17.6 Å². The maximum atomic E-state index is 12.9. The van der Waals surface area contributed by atoms with Gasteiger partial charge in [-0.3, -0.25) is 0 Å². The quantitative estimate of drug-likeness (QED) is 0.782. The van der Waals surface area contributed by atoms with Crippen LogP contribution in [0.2, 0.25) is 0 Å². The van der Waals surface area contributed by atoms with Crippen molar-refractivity contribution in [1.29, 1.82) is 0 Å². The first-order valence-electron chi connectivity index (χ1n) is 3.50. The van der Waals surface area contributed by atoms with Gasteiger partial charge >= 0.3 is 0 Å². The van der Waals surface area contributed by atoms with Crippen molar-refractivity contribution >= 4 is 15.7 Å². The number of nitrogen functional groups attached to an aromatic ring is 1. The van der Waals surface area contributed by atoms with Crippen LogP contribution in [0.5, 0.6) is 0 Å². The summed E-state index contributed by atoms with van der Waals surface area (Å²) in [6, 6.07) is 0.385. The van der Waals surface area contributed by atoms with Crippen molar-refractivity contribution in [2.24, 2.45) is 5.14 Å². The molecule has 0 bridgehead atoms. The molecule has 1 rings (SSSR count). The number of alkyl halides is 2. The van der Waals surface area contributed by atoms with Gasteiger partial charge < -0.3 is 5.73 Å². The minimum Gasteiger partial charge on any atom is -0.395 e. The van der Waals surface area contributed by atoms with Crippen LogP contribution in [-0.2, 0) is 10.0 Å². The van der Waals surface area contributed by atoms with Gasteiger partial charge in [0.1, 0.15) is 5.69 Å². The van der Waals surface area contributed by atoms with Crippen molar-refractivity contribution < 1.29 is 21.6 Å². The lowest BCUT2D eigenvalue weighted by molar-refractivity contribution is 0.145. The Balaban J connectivity index is 3.50. The van der Waals surface area contributed by atoms with E-state index in [-0.39, 0.29) is 0 Å². The van der Waals surface area contributed by atoms with E-state index in [0.29, 0.717) is 6.07 Å². The predicted molar refractivity (Wildman–Crippen MR) is 44.9 cm³/mol. The number of nitrogens with two attached hydrogens (primary N) is 2. The predicted octanol–water partition coefficient (Wildman–Crippen LogP) is 0.388. The first kappa shape index (κ1) is 11.7. The smallest absolute Gasteiger partial charge is 0.282 e. The van der Waals surface area contributed by atoms with E-state index >= 15 is 0 Å². The number of anilines is 1. The summed E-state index contributed by atoms with van der Waals surface area (Å²) >= 11 is 0.